The van der Waals surface area contributed by atoms with Gasteiger partial charge in [-0.05, 0) is 51.8 Å². The number of sulfone groups is 1. The Balaban J connectivity index is 1.73. The van der Waals surface area contributed by atoms with Gasteiger partial charge in [-0.25, -0.2) is 16.8 Å². The molecule has 0 unspecified atom stereocenters. The van der Waals surface area contributed by atoms with E-state index in [1.807, 2.05) is 0 Å². The molecule has 0 bridgehead atoms. The lowest BCUT2D eigenvalue weighted by molar-refractivity contribution is -0.117. The van der Waals surface area contributed by atoms with Crippen LogP contribution in [0.25, 0.3) is 0 Å². The van der Waals surface area contributed by atoms with E-state index in [1.165, 1.54) is 32.9 Å². The topological polar surface area (TPSA) is 135 Å². The number of hydrogen-bond donors (Lipinski definition) is 2. The van der Waals surface area contributed by atoms with Gasteiger partial charge in [-0.1, -0.05) is 24.1 Å². The Morgan fingerprint density at radius 1 is 1.17 bits per heavy atom. The highest BCUT2D eigenvalue weighted by Crippen LogP contribution is 2.30. The van der Waals surface area contributed by atoms with Crippen molar-refractivity contribution in [1.82, 2.24) is 9.88 Å². The molecule has 2 aromatic rings. The summed E-state index contributed by atoms with van der Waals surface area (Å²) in [5.41, 5.74) is 0.472. The minimum absolute atomic E-state index is 0.105. The third-order valence-corrected chi connectivity index (χ3v) is 9.18. The minimum Gasteiger partial charge on any atom is -0.360 e. The molecule has 1 atom stereocenters. The number of carbonyl (C=O) groups is 1. The Morgan fingerprint density at radius 2 is 1.83 bits per heavy atom. The number of sulfonamides is 1. The van der Waals surface area contributed by atoms with E-state index in [1.54, 1.807) is 12.1 Å². The maximum absolute atomic E-state index is 12.8. The molecule has 1 saturated carbocycles. The molecular formula is C19H25N3O6S2. The monoisotopic (exact) mass is 455 g/mol. The minimum atomic E-state index is -4.02. The average Bonchev–Trinajstić information content (AvgIpc) is 3.32. The van der Waals surface area contributed by atoms with Crippen LogP contribution < -0.4 is 10.0 Å². The van der Waals surface area contributed by atoms with Crippen molar-refractivity contribution < 1.29 is 26.2 Å². The van der Waals surface area contributed by atoms with E-state index in [0.29, 0.717) is 12.8 Å². The van der Waals surface area contributed by atoms with E-state index in [9.17, 15) is 21.6 Å². The molecule has 0 saturated heterocycles. The molecule has 1 aromatic heterocycles. The molecule has 1 heterocycles. The van der Waals surface area contributed by atoms with Gasteiger partial charge in [0.2, 0.25) is 15.9 Å². The van der Waals surface area contributed by atoms with E-state index in [-0.39, 0.29) is 26.9 Å². The highest BCUT2D eigenvalue weighted by Gasteiger charge is 2.31. The van der Waals surface area contributed by atoms with Crippen molar-refractivity contribution in [1.29, 1.82) is 0 Å². The van der Waals surface area contributed by atoms with Gasteiger partial charge in [0.1, 0.15) is 10.6 Å². The summed E-state index contributed by atoms with van der Waals surface area (Å²) >= 11 is 0. The van der Waals surface area contributed by atoms with Crippen LogP contribution in [-0.2, 0) is 24.7 Å². The first-order valence-corrected chi connectivity index (χ1v) is 12.7. The second kappa shape index (κ2) is 8.48. The Kier molecular flexibility index (Phi) is 6.34. The number of nitrogens with zero attached hydrogens (tertiary/aromatic N) is 1. The molecule has 0 aliphatic heterocycles. The predicted octanol–water partition coefficient (Wildman–Crippen LogP) is 2.31. The van der Waals surface area contributed by atoms with Crippen molar-refractivity contribution in [3.63, 3.8) is 0 Å². The van der Waals surface area contributed by atoms with Crippen LogP contribution in [0.15, 0.2) is 38.6 Å². The Hall–Kier alpha value is -2.24. The number of hydrogen-bond acceptors (Lipinski definition) is 7. The van der Waals surface area contributed by atoms with Gasteiger partial charge < -0.3 is 9.84 Å². The lowest BCUT2D eigenvalue weighted by Crippen LogP contribution is -2.41. The first kappa shape index (κ1) is 22.4. The molecule has 1 fully saturated rings. The second-order valence-electron chi connectivity index (χ2n) is 7.46. The van der Waals surface area contributed by atoms with Crippen molar-refractivity contribution in [2.75, 3.05) is 5.32 Å². The maximum atomic E-state index is 12.8. The summed E-state index contributed by atoms with van der Waals surface area (Å²) in [5, 5.41) is 5.79. The smallest absolute Gasteiger partial charge is 0.246 e. The number of rotatable bonds is 7. The lowest BCUT2D eigenvalue weighted by Gasteiger charge is -2.16. The van der Waals surface area contributed by atoms with Crippen LogP contribution in [0.3, 0.4) is 0 Å². The van der Waals surface area contributed by atoms with Crippen LogP contribution >= 0.6 is 0 Å². The normalized spacial score (nSPS) is 16.5. The second-order valence-corrected chi connectivity index (χ2v) is 11.3. The number of aryl methyl sites for hydroxylation is 2. The zero-order valence-corrected chi connectivity index (χ0v) is 18.6. The molecule has 1 aromatic carbocycles. The van der Waals surface area contributed by atoms with Crippen molar-refractivity contribution in [2.45, 2.75) is 67.5 Å². The maximum Gasteiger partial charge on any atom is 0.246 e. The number of anilines is 1. The Labute approximate surface area is 176 Å². The van der Waals surface area contributed by atoms with E-state index in [2.05, 4.69) is 15.2 Å². The fourth-order valence-electron chi connectivity index (χ4n) is 3.60. The molecule has 1 aliphatic carbocycles. The molecule has 11 heteroatoms. The van der Waals surface area contributed by atoms with Gasteiger partial charge in [-0.3, -0.25) is 4.79 Å². The van der Waals surface area contributed by atoms with Gasteiger partial charge in [0.25, 0.3) is 0 Å². The summed E-state index contributed by atoms with van der Waals surface area (Å²) in [5.74, 6) is -0.502. The molecule has 164 valence electrons. The fraction of sp³-hybridized carbons (Fsp3) is 0.474. The van der Waals surface area contributed by atoms with Gasteiger partial charge in [-0.2, -0.15) is 4.72 Å². The molecule has 30 heavy (non-hydrogen) atoms. The Morgan fingerprint density at radius 3 is 2.43 bits per heavy atom. The molecular weight excluding hydrogens is 430 g/mol. The van der Waals surface area contributed by atoms with Crippen molar-refractivity contribution in [3.05, 3.63) is 35.7 Å². The van der Waals surface area contributed by atoms with E-state index in [4.69, 9.17) is 4.52 Å². The lowest BCUT2D eigenvalue weighted by atomic mass is 10.3. The molecule has 2 N–H and O–H groups in total. The first-order chi connectivity index (χ1) is 14.0. The molecule has 0 spiro atoms. The number of nitrogens with one attached hydrogen (secondary N) is 2. The van der Waals surface area contributed by atoms with Crippen molar-refractivity contribution >= 4 is 31.5 Å². The van der Waals surface area contributed by atoms with Gasteiger partial charge in [-0.15, -0.1) is 0 Å². The summed E-state index contributed by atoms with van der Waals surface area (Å²) in [6.07, 6.45) is 3.06. The summed E-state index contributed by atoms with van der Waals surface area (Å²) in [6, 6.07) is 4.91. The third kappa shape index (κ3) is 4.57. The zero-order chi connectivity index (χ0) is 22.1. The highest BCUT2D eigenvalue weighted by atomic mass is 32.2. The number of carbonyl (C=O) groups excluding carboxylic acids is 1. The van der Waals surface area contributed by atoms with Gasteiger partial charge >= 0.3 is 0 Å². The quantitative estimate of drug-likeness (QED) is 0.654. The number of benzene rings is 1. The van der Waals surface area contributed by atoms with Crippen LogP contribution in [0, 0.1) is 13.8 Å². The van der Waals surface area contributed by atoms with E-state index < -0.39 is 37.1 Å². The highest BCUT2D eigenvalue weighted by molar-refractivity contribution is 7.92. The zero-order valence-electron chi connectivity index (χ0n) is 17.0. The van der Waals surface area contributed by atoms with E-state index in [0.717, 1.165) is 12.8 Å². The first-order valence-electron chi connectivity index (χ1n) is 9.62. The summed E-state index contributed by atoms with van der Waals surface area (Å²) < 4.78 is 57.8. The van der Waals surface area contributed by atoms with Crippen LogP contribution in [0.2, 0.25) is 0 Å². The SMILES string of the molecule is Cc1noc(C)c1S(=O)(=O)N[C@@H](C)C(=O)Nc1cccc(S(=O)(=O)C2CCCC2)c1. The van der Waals surface area contributed by atoms with Crippen molar-refractivity contribution in [3.8, 4) is 0 Å². The molecule has 1 amide bonds. The molecule has 9 nitrogen and oxygen atoms in total. The van der Waals surface area contributed by atoms with Crippen LogP contribution in [-0.4, -0.2) is 39.2 Å². The average molecular weight is 456 g/mol. The fourth-order valence-corrected chi connectivity index (χ4v) is 7.03. The predicted molar refractivity (Wildman–Crippen MR) is 110 cm³/mol. The van der Waals surface area contributed by atoms with Gasteiger partial charge in [0.15, 0.2) is 15.6 Å². The summed E-state index contributed by atoms with van der Waals surface area (Å²) in [6.45, 7) is 4.35. The molecule has 1 aliphatic rings. The van der Waals surface area contributed by atoms with Gasteiger partial charge in [0, 0.05) is 5.69 Å². The van der Waals surface area contributed by atoms with Gasteiger partial charge in [0.05, 0.1) is 16.2 Å². The summed E-state index contributed by atoms with van der Waals surface area (Å²) in [7, 11) is -7.49. The Bertz CT molecular complexity index is 1130. The number of aromatic nitrogens is 1. The van der Waals surface area contributed by atoms with Crippen LogP contribution in [0.1, 0.15) is 44.1 Å². The molecule has 0 radical (unpaired) electrons. The standard InChI is InChI=1S/C19H25N3O6S2/c1-12-18(14(3)28-21-12)30(26,27)22-13(2)19(23)20-15-7-6-10-17(11-15)29(24,25)16-8-4-5-9-16/h6-7,10-11,13,16,22H,4-5,8-9H2,1-3H3,(H,20,23)/t13-/m0/s1. The van der Waals surface area contributed by atoms with Crippen LogP contribution in [0.4, 0.5) is 5.69 Å². The molecule has 3 rings (SSSR count). The van der Waals surface area contributed by atoms with E-state index >= 15 is 0 Å². The van der Waals surface area contributed by atoms with Crippen molar-refractivity contribution in [2.24, 2.45) is 0 Å². The van der Waals surface area contributed by atoms with Crippen LogP contribution in [0.5, 0.6) is 0 Å². The largest absolute Gasteiger partial charge is 0.360 e. The summed E-state index contributed by atoms with van der Waals surface area (Å²) in [4.78, 5) is 12.6. The number of amides is 1. The third-order valence-electron chi connectivity index (χ3n) is 5.13.